The van der Waals surface area contributed by atoms with Gasteiger partial charge in [-0.3, -0.25) is 9.59 Å². The second-order valence-corrected chi connectivity index (χ2v) is 5.50. The highest BCUT2D eigenvalue weighted by Gasteiger charge is 2.20. The molecule has 0 bridgehead atoms. The highest BCUT2D eigenvalue weighted by Crippen LogP contribution is 2.23. The van der Waals surface area contributed by atoms with E-state index in [2.05, 4.69) is 10.6 Å². The van der Waals surface area contributed by atoms with Gasteiger partial charge in [0.15, 0.2) is 6.10 Å². The van der Waals surface area contributed by atoms with Gasteiger partial charge in [0.2, 0.25) is 5.91 Å². The van der Waals surface area contributed by atoms with E-state index in [0.717, 1.165) is 0 Å². The van der Waals surface area contributed by atoms with E-state index in [1.165, 1.54) is 27.0 Å². The van der Waals surface area contributed by atoms with Crippen molar-refractivity contribution in [3.05, 3.63) is 54.1 Å². The first-order valence-electron chi connectivity index (χ1n) is 7.93. The Kier molecular flexibility index (Phi) is 6.32. The molecule has 2 N–H and O–H groups in total. The molecule has 0 saturated carbocycles. The monoisotopic (exact) mass is 356 g/mol. The lowest BCUT2D eigenvalue weighted by atomic mass is 10.2. The summed E-state index contributed by atoms with van der Waals surface area (Å²) in [5, 5.41) is 5.24. The Morgan fingerprint density at radius 3 is 2.42 bits per heavy atom. The van der Waals surface area contributed by atoms with Crippen LogP contribution < -0.4 is 15.4 Å². The fraction of sp³-hybridized carbons (Fsp3) is 0.211. The number of ether oxygens (including phenoxy) is 2. The molecule has 2 aromatic rings. The maximum Gasteiger partial charge on any atom is 0.338 e. The molecule has 2 amide bonds. The van der Waals surface area contributed by atoms with Gasteiger partial charge in [-0.1, -0.05) is 18.2 Å². The first-order valence-corrected chi connectivity index (χ1v) is 7.93. The summed E-state index contributed by atoms with van der Waals surface area (Å²) in [5.41, 5.74) is 1.18. The van der Waals surface area contributed by atoms with E-state index < -0.39 is 18.0 Å². The molecule has 2 rings (SSSR count). The van der Waals surface area contributed by atoms with E-state index in [1.54, 1.807) is 42.5 Å². The molecule has 0 radical (unpaired) electrons. The quantitative estimate of drug-likeness (QED) is 0.776. The van der Waals surface area contributed by atoms with Gasteiger partial charge in [-0.25, -0.2) is 4.79 Å². The van der Waals surface area contributed by atoms with Crippen LogP contribution >= 0.6 is 0 Å². The molecule has 0 aromatic heterocycles. The Hall–Kier alpha value is -3.35. The van der Waals surface area contributed by atoms with Crippen molar-refractivity contribution in [2.45, 2.75) is 20.0 Å². The van der Waals surface area contributed by atoms with Gasteiger partial charge in [0.25, 0.3) is 5.91 Å². The average molecular weight is 356 g/mol. The van der Waals surface area contributed by atoms with Gasteiger partial charge >= 0.3 is 5.97 Å². The molecule has 7 heteroatoms. The molecule has 0 aliphatic heterocycles. The zero-order valence-electron chi connectivity index (χ0n) is 14.7. The van der Waals surface area contributed by atoms with E-state index in [0.29, 0.717) is 17.1 Å². The van der Waals surface area contributed by atoms with Crippen LogP contribution in [0.3, 0.4) is 0 Å². The molecule has 2 aromatic carbocycles. The van der Waals surface area contributed by atoms with Crippen molar-refractivity contribution in [2.24, 2.45) is 0 Å². The summed E-state index contributed by atoms with van der Waals surface area (Å²) >= 11 is 0. The summed E-state index contributed by atoms with van der Waals surface area (Å²) in [4.78, 5) is 35.6. The maximum atomic E-state index is 12.3. The molecular formula is C19H20N2O5. The second kappa shape index (κ2) is 8.66. The number of benzene rings is 2. The third-order valence-corrected chi connectivity index (χ3v) is 3.44. The van der Waals surface area contributed by atoms with Gasteiger partial charge in [0.1, 0.15) is 5.75 Å². The highest BCUT2D eigenvalue weighted by atomic mass is 16.5. The summed E-state index contributed by atoms with van der Waals surface area (Å²) in [7, 11) is 1.50. The third-order valence-electron chi connectivity index (χ3n) is 3.44. The number of esters is 1. The van der Waals surface area contributed by atoms with Gasteiger partial charge in [0.05, 0.1) is 18.4 Å². The predicted molar refractivity (Wildman–Crippen MR) is 97.2 cm³/mol. The molecule has 7 nitrogen and oxygen atoms in total. The molecule has 26 heavy (non-hydrogen) atoms. The fourth-order valence-corrected chi connectivity index (χ4v) is 2.19. The van der Waals surface area contributed by atoms with Gasteiger partial charge < -0.3 is 20.1 Å². The molecule has 0 heterocycles. The Bertz CT molecular complexity index is 819. The lowest BCUT2D eigenvalue weighted by molar-refractivity contribution is -0.123. The van der Waals surface area contributed by atoms with Crippen LogP contribution in [0.4, 0.5) is 11.4 Å². The predicted octanol–water partition coefficient (Wildman–Crippen LogP) is 2.84. The molecular weight excluding hydrogens is 336 g/mol. The minimum atomic E-state index is -1.02. The molecule has 1 atom stereocenters. The molecule has 0 unspecified atom stereocenters. The number of carbonyl (C=O) groups excluding carboxylic acids is 3. The number of methoxy groups -OCH3 is 1. The van der Waals surface area contributed by atoms with Gasteiger partial charge in [-0.15, -0.1) is 0 Å². The van der Waals surface area contributed by atoms with E-state index in [4.69, 9.17) is 9.47 Å². The second-order valence-electron chi connectivity index (χ2n) is 5.50. The van der Waals surface area contributed by atoms with Crippen molar-refractivity contribution >= 4 is 29.2 Å². The number of para-hydroxylation sites is 2. The van der Waals surface area contributed by atoms with Crippen LogP contribution in [-0.2, 0) is 14.3 Å². The Balaban J connectivity index is 2.02. The van der Waals surface area contributed by atoms with Crippen LogP contribution in [-0.4, -0.2) is 31.0 Å². The normalized spacial score (nSPS) is 11.2. The number of nitrogens with one attached hydrogen (secondary N) is 2. The summed E-state index contributed by atoms with van der Waals surface area (Å²) in [6.45, 7) is 2.84. The molecule has 0 saturated heterocycles. The topological polar surface area (TPSA) is 93.7 Å². The third kappa shape index (κ3) is 5.07. The zero-order chi connectivity index (χ0) is 19.1. The van der Waals surface area contributed by atoms with Gasteiger partial charge in [0, 0.05) is 12.6 Å². The van der Waals surface area contributed by atoms with Crippen molar-refractivity contribution in [1.29, 1.82) is 0 Å². The largest absolute Gasteiger partial charge is 0.495 e. The van der Waals surface area contributed by atoms with E-state index in [-0.39, 0.29) is 11.5 Å². The number of anilines is 2. The zero-order valence-corrected chi connectivity index (χ0v) is 14.7. The molecule has 136 valence electrons. The highest BCUT2D eigenvalue weighted by molar-refractivity contribution is 5.98. The number of amides is 2. The number of hydrogen-bond acceptors (Lipinski definition) is 5. The van der Waals surface area contributed by atoms with Crippen LogP contribution in [0.25, 0.3) is 0 Å². The molecule has 0 fully saturated rings. The maximum absolute atomic E-state index is 12.3. The van der Waals surface area contributed by atoms with Crippen LogP contribution in [0.1, 0.15) is 24.2 Å². The van der Waals surface area contributed by atoms with Crippen LogP contribution in [0.15, 0.2) is 48.5 Å². The molecule has 0 aliphatic carbocycles. The van der Waals surface area contributed by atoms with Crippen molar-refractivity contribution in [3.63, 3.8) is 0 Å². The summed E-state index contributed by atoms with van der Waals surface area (Å²) in [6, 6.07) is 13.2. The van der Waals surface area contributed by atoms with Gasteiger partial charge in [-0.2, -0.15) is 0 Å². The van der Waals surface area contributed by atoms with Crippen molar-refractivity contribution in [3.8, 4) is 5.75 Å². The average Bonchev–Trinajstić information content (AvgIpc) is 2.61. The Labute approximate surface area is 151 Å². The van der Waals surface area contributed by atoms with E-state index in [9.17, 15) is 14.4 Å². The molecule has 0 spiro atoms. The summed E-state index contributed by atoms with van der Waals surface area (Å²) in [6.07, 6.45) is -1.02. The number of hydrogen-bond donors (Lipinski definition) is 2. The van der Waals surface area contributed by atoms with E-state index in [1.807, 2.05) is 0 Å². The van der Waals surface area contributed by atoms with Crippen molar-refractivity contribution < 1.29 is 23.9 Å². The number of carbonyl (C=O) groups is 3. The Morgan fingerprint density at radius 1 is 1.00 bits per heavy atom. The van der Waals surface area contributed by atoms with E-state index >= 15 is 0 Å². The van der Waals surface area contributed by atoms with Crippen molar-refractivity contribution in [1.82, 2.24) is 0 Å². The summed E-state index contributed by atoms with van der Waals surface area (Å²) in [5.74, 6) is -0.900. The standard InChI is InChI=1S/C19H20N2O5/c1-12(18(23)21-16-9-4-5-10-17(16)25-3)26-19(24)14-7-6-8-15(11-14)20-13(2)22/h4-12H,1-3H3,(H,20,22)(H,21,23)/t12-/m0/s1. The Morgan fingerprint density at radius 2 is 1.73 bits per heavy atom. The molecule has 0 aliphatic rings. The summed E-state index contributed by atoms with van der Waals surface area (Å²) < 4.78 is 10.4. The lowest BCUT2D eigenvalue weighted by Crippen LogP contribution is -2.30. The van der Waals surface area contributed by atoms with Gasteiger partial charge in [-0.05, 0) is 37.3 Å². The number of rotatable bonds is 6. The minimum Gasteiger partial charge on any atom is -0.495 e. The first-order chi connectivity index (χ1) is 12.4. The SMILES string of the molecule is COc1ccccc1NC(=O)[C@H](C)OC(=O)c1cccc(NC(C)=O)c1. The lowest BCUT2D eigenvalue weighted by Gasteiger charge is -2.15. The van der Waals surface area contributed by atoms with Crippen LogP contribution in [0.2, 0.25) is 0 Å². The smallest absolute Gasteiger partial charge is 0.338 e. The van der Waals surface area contributed by atoms with Crippen LogP contribution in [0, 0.1) is 0 Å². The first kappa shape index (κ1) is 19.0. The minimum absolute atomic E-state index is 0.230. The van der Waals surface area contributed by atoms with Crippen molar-refractivity contribution in [2.75, 3.05) is 17.7 Å². The van der Waals surface area contributed by atoms with Crippen LogP contribution in [0.5, 0.6) is 5.75 Å². The fourth-order valence-electron chi connectivity index (χ4n) is 2.19.